The molecular weight excluding hydrogens is 346 g/mol. The normalized spacial score (nSPS) is 21.0. The Bertz CT molecular complexity index is 881. The molecule has 26 heavy (non-hydrogen) atoms. The number of likely N-dealkylation sites (tertiary alicyclic amines) is 1. The van der Waals surface area contributed by atoms with E-state index < -0.39 is 9.84 Å². The lowest BCUT2D eigenvalue weighted by atomic mass is 9.81. The van der Waals surface area contributed by atoms with E-state index in [0.29, 0.717) is 5.03 Å². The highest BCUT2D eigenvalue weighted by Crippen LogP contribution is 2.42. The van der Waals surface area contributed by atoms with Crippen LogP contribution in [0.5, 0.6) is 0 Å². The molecule has 0 bridgehead atoms. The molecule has 140 valence electrons. The second kappa shape index (κ2) is 6.51. The summed E-state index contributed by atoms with van der Waals surface area (Å²) in [5.41, 5.74) is 2.48. The molecule has 0 aliphatic carbocycles. The first-order valence-electron chi connectivity index (χ1n) is 9.28. The summed E-state index contributed by atoms with van der Waals surface area (Å²) in [5.74, 6) is 0. The summed E-state index contributed by atoms with van der Waals surface area (Å²) in [4.78, 5) is 4.95. The Kier molecular flexibility index (Phi) is 4.45. The van der Waals surface area contributed by atoms with Crippen LogP contribution in [-0.4, -0.2) is 55.7 Å². The summed E-state index contributed by atoms with van der Waals surface area (Å²) >= 11 is 0. The highest BCUT2D eigenvalue weighted by atomic mass is 32.2. The van der Waals surface area contributed by atoms with E-state index in [4.69, 9.17) is 0 Å². The van der Waals surface area contributed by atoms with Crippen molar-refractivity contribution in [2.45, 2.75) is 36.5 Å². The number of rotatable bonds is 3. The molecule has 0 unspecified atom stereocenters. The van der Waals surface area contributed by atoms with Crippen molar-refractivity contribution in [1.82, 2.24) is 14.4 Å². The summed E-state index contributed by atoms with van der Waals surface area (Å²) in [6.45, 7) is 4.67. The zero-order chi connectivity index (χ0) is 18.4. The molecule has 0 atom stereocenters. The SMILES string of the molecule is CN1CCn2c(ccc2S(C)(=O)=O)C12CCN(Cc1ccccc1)CC2. The average molecular weight is 374 g/mol. The van der Waals surface area contributed by atoms with E-state index in [1.54, 1.807) is 6.07 Å². The van der Waals surface area contributed by atoms with Crippen LogP contribution in [-0.2, 0) is 28.5 Å². The predicted molar refractivity (Wildman–Crippen MR) is 103 cm³/mol. The van der Waals surface area contributed by atoms with Gasteiger partial charge in [-0.05, 0) is 37.6 Å². The van der Waals surface area contributed by atoms with Gasteiger partial charge in [0.2, 0.25) is 0 Å². The van der Waals surface area contributed by atoms with Crippen LogP contribution in [0.15, 0.2) is 47.5 Å². The molecular formula is C20H27N3O2S. The zero-order valence-corrected chi connectivity index (χ0v) is 16.4. The van der Waals surface area contributed by atoms with Crippen LogP contribution in [0.25, 0.3) is 0 Å². The Balaban J connectivity index is 1.58. The van der Waals surface area contributed by atoms with Crippen molar-refractivity contribution in [1.29, 1.82) is 0 Å². The lowest BCUT2D eigenvalue weighted by Crippen LogP contribution is -2.55. The smallest absolute Gasteiger partial charge is 0.190 e. The molecule has 1 fully saturated rings. The maximum Gasteiger partial charge on any atom is 0.190 e. The molecule has 5 nitrogen and oxygen atoms in total. The van der Waals surface area contributed by atoms with E-state index >= 15 is 0 Å². The Morgan fingerprint density at radius 3 is 2.31 bits per heavy atom. The van der Waals surface area contributed by atoms with Gasteiger partial charge in [0.05, 0.1) is 5.54 Å². The van der Waals surface area contributed by atoms with Crippen LogP contribution in [0.3, 0.4) is 0 Å². The van der Waals surface area contributed by atoms with E-state index in [2.05, 4.69) is 47.2 Å². The van der Waals surface area contributed by atoms with E-state index in [9.17, 15) is 8.42 Å². The first kappa shape index (κ1) is 17.8. The molecule has 1 aromatic carbocycles. The number of sulfone groups is 1. The van der Waals surface area contributed by atoms with Gasteiger partial charge in [-0.2, -0.15) is 0 Å². The predicted octanol–water partition coefficient (Wildman–Crippen LogP) is 2.33. The second-order valence-electron chi connectivity index (χ2n) is 7.70. The Morgan fingerprint density at radius 1 is 0.962 bits per heavy atom. The Hall–Kier alpha value is -1.63. The van der Waals surface area contributed by atoms with Crippen molar-refractivity contribution in [3.63, 3.8) is 0 Å². The van der Waals surface area contributed by atoms with Crippen LogP contribution in [0.4, 0.5) is 0 Å². The molecule has 1 saturated heterocycles. The fraction of sp³-hybridized carbons (Fsp3) is 0.500. The van der Waals surface area contributed by atoms with E-state index in [-0.39, 0.29) is 5.54 Å². The highest BCUT2D eigenvalue weighted by Gasteiger charge is 2.44. The first-order valence-corrected chi connectivity index (χ1v) is 11.2. The van der Waals surface area contributed by atoms with Gasteiger partial charge in [0.25, 0.3) is 0 Å². The van der Waals surface area contributed by atoms with Gasteiger partial charge in [-0.3, -0.25) is 9.80 Å². The minimum Gasteiger partial charge on any atom is -0.333 e. The minimum absolute atomic E-state index is 0.0472. The third-order valence-electron chi connectivity index (χ3n) is 6.12. The van der Waals surface area contributed by atoms with Crippen molar-refractivity contribution >= 4 is 9.84 Å². The van der Waals surface area contributed by atoms with Gasteiger partial charge >= 0.3 is 0 Å². The molecule has 0 N–H and O–H groups in total. The molecule has 0 amide bonds. The number of fused-ring (bicyclic) bond motifs is 2. The van der Waals surface area contributed by atoms with Crippen molar-refractivity contribution in [3.05, 3.63) is 53.7 Å². The quantitative estimate of drug-likeness (QED) is 0.828. The van der Waals surface area contributed by atoms with E-state index in [1.807, 2.05) is 10.6 Å². The zero-order valence-electron chi connectivity index (χ0n) is 15.6. The summed E-state index contributed by atoms with van der Waals surface area (Å²) in [5, 5.41) is 0.465. The second-order valence-corrected chi connectivity index (χ2v) is 9.66. The standard InChI is InChI=1S/C20H27N3O2S/c1-21-14-15-23-18(8-9-19(23)26(2,24)25)20(21)10-12-22(13-11-20)16-17-6-4-3-5-7-17/h3-9H,10-16H2,1-2H3. The number of benzene rings is 1. The topological polar surface area (TPSA) is 45.6 Å². The van der Waals surface area contributed by atoms with Crippen LogP contribution in [0.1, 0.15) is 24.1 Å². The third kappa shape index (κ3) is 3.00. The average Bonchev–Trinajstić information content (AvgIpc) is 3.06. The van der Waals surface area contributed by atoms with Gasteiger partial charge in [0.15, 0.2) is 9.84 Å². The fourth-order valence-electron chi connectivity index (χ4n) is 4.63. The lowest BCUT2D eigenvalue weighted by Gasteiger charge is -2.50. The van der Waals surface area contributed by atoms with Gasteiger partial charge in [0, 0.05) is 44.7 Å². The maximum absolute atomic E-state index is 12.1. The maximum atomic E-state index is 12.1. The van der Waals surface area contributed by atoms with Gasteiger partial charge in [-0.25, -0.2) is 8.42 Å². The Morgan fingerprint density at radius 2 is 1.65 bits per heavy atom. The molecule has 2 aliphatic heterocycles. The van der Waals surface area contributed by atoms with Crippen molar-refractivity contribution in [3.8, 4) is 0 Å². The molecule has 0 radical (unpaired) electrons. The van der Waals surface area contributed by atoms with Gasteiger partial charge in [-0.1, -0.05) is 30.3 Å². The summed E-state index contributed by atoms with van der Waals surface area (Å²) in [7, 11) is -1.01. The van der Waals surface area contributed by atoms with Crippen molar-refractivity contribution in [2.75, 3.05) is 32.9 Å². The molecule has 1 aromatic heterocycles. The third-order valence-corrected chi connectivity index (χ3v) is 7.24. The molecule has 3 heterocycles. The van der Waals surface area contributed by atoms with Crippen molar-refractivity contribution in [2.24, 2.45) is 0 Å². The largest absolute Gasteiger partial charge is 0.333 e. The first-order chi connectivity index (χ1) is 12.4. The van der Waals surface area contributed by atoms with Crippen LogP contribution < -0.4 is 0 Å². The number of nitrogens with zero attached hydrogens (tertiary/aromatic N) is 3. The number of aromatic nitrogens is 1. The van der Waals surface area contributed by atoms with Crippen LogP contribution >= 0.6 is 0 Å². The van der Waals surface area contributed by atoms with Crippen LogP contribution in [0, 0.1) is 0 Å². The lowest BCUT2D eigenvalue weighted by molar-refractivity contribution is 0.00884. The number of hydrogen-bond donors (Lipinski definition) is 0. The number of likely N-dealkylation sites (N-methyl/N-ethyl adjacent to an activating group) is 1. The fourth-order valence-corrected chi connectivity index (χ4v) is 5.53. The molecule has 0 saturated carbocycles. The minimum atomic E-state index is -3.19. The molecule has 6 heteroatoms. The van der Waals surface area contributed by atoms with Gasteiger partial charge in [-0.15, -0.1) is 0 Å². The molecule has 2 aliphatic rings. The van der Waals surface area contributed by atoms with Crippen LogP contribution in [0.2, 0.25) is 0 Å². The molecule has 4 rings (SSSR count). The van der Waals surface area contributed by atoms with Gasteiger partial charge in [0.1, 0.15) is 5.03 Å². The van der Waals surface area contributed by atoms with E-state index in [0.717, 1.165) is 45.6 Å². The molecule has 1 spiro atoms. The summed E-state index contributed by atoms with van der Waals surface area (Å²) < 4.78 is 26.3. The Labute approximate surface area is 156 Å². The summed E-state index contributed by atoms with van der Waals surface area (Å²) in [6, 6.07) is 14.4. The van der Waals surface area contributed by atoms with Crippen molar-refractivity contribution < 1.29 is 8.42 Å². The summed E-state index contributed by atoms with van der Waals surface area (Å²) in [6.07, 6.45) is 3.37. The van der Waals surface area contributed by atoms with Gasteiger partial charge < -0.3 is 4.57 Å². The number of piperidine rings is 1. The molecule has 2 aromatic rings. The van der Waals surface area contributed by atoms with E-state index in [1.165, 1.54) is 17.5 Å². The number of hydrogen-bond acceptors (Lipinski definition) is 4. The highest BCUT2D eigenvalue weighted by molar-refractivity contribution is 7.90. The monoisotopic (exact) mass is 373 g/mol.